The van der Waals surface area contributed by atoms with Crippen LogP contribution < -0.4 is 10.4 Å². The largest absolute Gasteiger partial charge is 0.493 e. The summed E-state index contributed by atoms with van der Waals surface area (Å²) in [6.45, 7) is 2.31. The summed E-state index contributed by atoms with van der Waals surface area (Å²) < 4.78 is 23.0. The molecule has 1 aromatic heterocycles. The summed E-state index contributed by atoms with van der Waals surface area (Å²) >= 11 is 0. The van der Waals surface area contributed by atoms with Crippen LogP contribution in [0.25, 0.3) is 12.2 Å². The molecule has 98 valence electrons. The Morgan fingerprint density at radius 1 is 1.21 bits per heavy atom. The summed E-state index contributed by atoms with van der Waals surface area (Å²) in [5.41, 5.74) is 0.343. The van der Waals surface area contributed by atoms with Gasteiger partial charge >= 0.3 is 5.63 Å². The van der Waals surface area contributed by atoms with Crippen molar-refractivity contribution < 1.29 is 13.5 Å². The molecule has 0 aliphatic heterocycles. The third-order valence-corrected chi connectivity index (χ3v) is 2.38. The van der Waals surface area contributed by atoms with Crippen LogP contribution in [0, 0.1) is 5.82 Å². The Morgan fingerprint density at radius 2 is 1.95 bits per heavy atom. The fraction of sp³-hybridized carbons (Fsp3) is 0.133. The Morgan fingerprint density at radius 3 is 2.63 bits per heavy atom. The second-order valence-corrected chi connectivity index (χ2v) is 3.83. The highest BCUT2D eigenvalue weighted by Crippen LogP contribution is 2.13. The van der Waals surface area contributed by atoms with E-state index in [-0.39, 0.29) is 5.82 Å². The molecule has 0 aliphatic rings. The quantitative estimate of drug-likeness (QED) is 0.846. The summed E-state index contributed by atoms with van der Waals surface area (Å²) in [5.74, 6) is 0.569. The van der Waals surface area contributed by atoms with Gasteiger partial charge in [-0.3, -0.25) is 0 Å². The predicted molar refractivity (Wildman–Crippen MR) is 71.5 cm³/mol. The van der Waals surface area contributed by atoms with Gasteiger partial charge in [0.25, 0.3) is 0 Å². The van der Waals surface area contributed by atoms with Gasteiger partial charge in [0, 0.05) is 6.07 Å². The second-order valence-electron chi connectivity index (χ2n) is 3.83. The molecule has 3 nitrogen and oxygen atoms in total. The Balaban J connectivity index is 2.22. The molecular weight excluding hydrogens is 247 g/mol. The molecule has 0 bridgehead atoms. The molecule has 0 radical (unpaired) electrons. The molecule has 0 saturated carbocycles. The number of hydrogen-bond acceptors (Lipinski definition) is 3. The van der Waals surface area contributed by atoms with Gasteiger partial charge in [-0.15, -0.1) is 0 Å². The monoisotopic (exact) mass is 260 g/mol. The first-order valence-electron chi connectivity index (χ1n) is 5.89. The summed E-state index contributed by atoms with van der Waals surface area (Å²) in [4.78, 5) is 11.3. The molecule has 2 aromatic rings. The second kappa shape index (κ2) is 6.00. The maximum Gasteiger partial charge on any atom is 0.339 e. The van der Waals surface area contributed by atoms with E-state index >= 15 is 0 Å². The molecule has 0 aliphatic carbocycles. The minimum absolute atomic E-state index is 0.290. The van der Waals surface area contributed by atoms with Crippen molar-refractivity contribution in [1.82, 2.24) is 0 Å². The maximum absolute atomic E-state index is 12.7. The lowest BCUT2D eigenvalue weighted by Crippen LogP contribution is -2.01. The van der Waals surface area contributed by atoms with Crippen LogP contribution in [0.15, 0.2) is 45.6 Å². The van der Waals surface area contributed by atoms with Crippen LogP contribution in [-0.4, -0.2) is 6.61 Å². The standard InChI is InChI=1S/C15H13FO3/c1-2-18-14-9-13(19-15(17)10-14)8-5-11-3-6-12(16)7-4-11/h3-10H,2H2,1H3/b8-5+. The van der Waals surface area contributed by atoms with Crippen LogP contribution in [0.3, 0.4) is 0 Å². The molecule has 0 atom stereocenters. The molecule has 2 rings (SSSR count). The summed E-state index contributed by atoms with van der Waals surface area (Å²) in [7, 11) is 0. The van der Waals surface area contributed by atoms with E-state index in [1.807, 2.05) is 6.92 Å². The molecule has 0 spiro atoms. The Bertz CT molecular complexity index is 627. The Kier molecular flexibility index (Phi) is 4.13. The van der Waals surface area contributed by atoms with Crippen molar-refractivity contribution in [2.24, 2.45) is 0 Å². The fourth-order valence-electron chi connectivity index (χ4n) is 1.56. The van der Waals surface area contributed by atoms with Crippen LogP contribution in [0.5, 0.6) is 5.75 Å². The van der Waals surface area contributed by atoms with Crippen molar-refractivity contribution in [2.75, 3.05) is 6.61 Å². The fourth-order valence-corrected chi connectivity index (χ4v) is 1.56. The zero-order valence-corrected chi connectivity index (χ0v) is 10.4. The van der Waals surface area contributed by atoms with Gasteiger partial charge in [-0.05, 0) is 30.7 Å². The van der Waals surface area contributed by atoms with Gasteiger partial charge in [-0.25, -0.2) is 9.18 Å². The van der Waals surface area contributed by atoms with Crippen LogP contribution in [0.2, 0.25) is 0 Å². The van der Waals surface area contributed by atoms with Gasteiger partial charge < -0.3 is 9.15 Å². The zero-order valence-electron chi connectivity index (χ0n) is 10.4. The van der Waals surface area contributed by atoms with Crippen molar-refractivity contribution >= 4 is 12.2 Å². The Hall–Kier alpha value is -2.36. The average molecular weight is 260 g/mol. The van der Waals surface area contributed by atoms with E-state index in [1.165, 1.54) is 18.2 Å². The molecule has 0 amide bonds. The van der Waals surface area contributed by atoms with Gasteiger partial charge in [-0.1, -0.05) is 18.2 Å². The number of benzene rings is 1. The molecule has 19 heavy (non-hydrogen) atoms. The van der Waals surface area contributed by atoms with Gasteiger partial charge in [-0.2, -0.15) is 0 Å². The number of rotatable bonds is 4. The highest BCUT2D eigenvalue weighted by atomic mass is 19.1. The predicted octanol–water partition coefficient (Wildman–Crippen LogP) is 3.35. The normalized spacial score (nSPS) is 10.8. The average Bonchev–Trinajstić information content (AvgIpc) is 2.38. The summed E-state index contributed by atoms with van der Waals surface area (Å²) in [6.07, 6.45) is 3.37. The van der Waals surface area contributed by atoms with E-state index in [1.54, 1.807) is 30.4 Å². The molecule has 1 aromatic carbocycles. The molecule has 0 saturated heterocycles. The van der Waals surface area contributed by atoms with Gasteiger partial charge in [0.15, 0.2) is 0 Å². The Labute approximate surface area is 110 Å². The van der Waals surface area contributed by atoms with E-state index in [0.717, 1.165) is 5.56 Å². The van der Waals surface area contributed by atoms with Gasteiger partial charge in [0.1, 0.15) is 17.3 Å². The maximum atomic E-state index is 12.7. The number of halogens is 1. The first-order valence-corrected chi connectivity index (χ1v) is 5.89. The molecule has 0 N–H and O–H groups in total. The molecule has 0 unspecified atom stereocenters. The minimum Gasteiger partial charge on any atom is -0.493 e. The first kappa shape index (κ1) is 13.1. The van der Waals surface area contributed by atoms with Gasteiger partial charge in [0.2, 0.25) is 0 Å². The number of ether oxygens (including phenoxy) is 1. The van der Waals surface area contributed by atoms with E-state index in [0.29, 0.717) is 18.1 Å². The van der Waals surface area contributed by atoms with Crippen molar-refractivity contribution in [3.05, 3.63) is 64.0 Å². The highest BCUT2D eigenvalue weighted by molar-refractivity contribution is 5.67. The topological polar surface area (TPSA) is 39.4 Å². The van der Waals surface area contributed by atoms with Crippen molar-refractivity contribution in [3.63, 3.8) is 0 Å². The van der Waals surface area contributed by atoms with E-state index < -0.39 is 5.63 Å². The third-order valence-electron chi connectivity index (χ3n) is 2.38. The molecular formula is C15H13FO3. The summed E-state index contributed by atoms with van der Waals surface area (Å²) in [5, 5.41) is 0. The first-order chi connectivity index (χ1) is 9.17. The summed E-state index contributed by atoms with van der Waals surface area (Å²) in [6, 6.07) is 8.93. The van der Waals surface area contributed by atoms with E-state index in [4.69, 9.17) is 9.15 Å². The molecule has 4 heteroatoms. The minimum atomic E-state index is -0.468. The zero-order chi connectivity index (χ0) is 13.7. The molecule has 1 heterocycles. The van der Waals surface area contributed by atoms with Crippen LogP contribution >= 0.6 is 0 Å². The smallest absolute Gasteiger partial charge is 0.339 e. The van der Waals surface area contributed by atoms with Crippen LogP contribution in [0.1, 0.15) is 18.2 Å². The van der Waals surface area contributed by atoms with Crippen molar-refractivity contribution in [3.8, 4) is 5.75 Å². The SMILES string of the molecule is CCOc1cc(/C=C/c2ccc(F)cc2)oc(=O)c1. The third kappa shape index (κ3) is 3.81. The molecule has 0 fully saturated rings. The van der Waals surface area contributed by atoms with Crippen LogP contribution in [-0.2, 0) is 0 Å². The van der Waals surface area contributed by atoms with Crippen molar-refractivity contribution in [2.45, 2.75) is 6.92 Å². The van der Waals surface area contributed by atoms with Crippen LogP contribution in [0.4, 0.5) is 4.39 Å². The van der Waals surface area contributed by atoms with E-state index in [2.05, 4.69) is 0 Å². The number of hydrogen-bond donors (Lipinski definition) is 0. The van der Waals surface area contributed by atoms with Gasteiger partial charge in [0.05, 0.1) is 12.7 Å². The highest BCUT2D eigenvalue weighted by Gasteiger charge is 1.99. The lowest BCUT2D eigenvalue weighted by Gasteiger charge is -2.01. The lowest BCUT2D eigenvalue weighted by molar-refractivity contribution is 0.333. The lowest BCUT2D eigenvalue weighted by atomic mass is 10.2. The van der Waals surface area contributed by atoms with Crippen molar-refractivity contribution in [1.29, 1.82) is 0 Å². The van der Waals surface area contributed by atoms with E-state index in [9.17, 15) is 9.18 Å².